The largest absolute Gasteiger partial charge is 0.463 e. The van der Waals surface area contributed by atoms with Gasteiger partial charge < -0.3 is 10.1 Å². The zero-order chi connectivity index (χ0) is 15.7. The number of ether oxygens (including phenoxy) is 1. The molecule has 0 fully saturated rings. The van der Waals surface area contributed by atoms with E-state index in [0.29, 0.717) is 11.6 Å². The molecule has 0 aliphatic carbocycles. The minimum atomic E-state index is -0.581. The number of esters is 1. The van der Waals surface area contributed by atoms with Gasteiger partial charge in [0.15, 0.2) is 5.11 Å². The molecule has 5 nitrogen and oxygen atoms in total. The summed E-state index contributed by atoms with van der Waals surface area (Å²) in [5.41, 5.74) is 0.859. The Balaban J connectivity index is 2.38. The second-order valence-electron chi connectivity index (χ2n) is 3.85. The Morgan fingerprint density at radius 2 is 2.05 bits per heavy atom. The van der Waals surface area contributed by atoms with E-state index >= 15 is 0 Å². The fourth-order valence-corrected chi connectivity index (χ4v) is 1.72. The average Bonchev–Trinajstić information content (AvgIpc) is 2.44. The molecule has 0 aliphatic heterocycles. The predicted molar refractivity (Wildman–Crippen MR) is 84.8 cm³/mol. The Labute approximate surface area is 133 Å². The first kappa shape index (κ1) is 17.1. The third-order valence-electron chi connectivity index (χ3n) is 2.29. The van der Waals surface area contributed by atoms with Crippen LogP contribution in [0, 0.1) is 0 Å². The SMILES string of the molecule is CCOC(=O)/C=C/C(=O)NC(=S)NCc1ccccc1Cl. The van der Waals surface area contributed by atoms with Crippen molar-refractivity contribution in [1.29, 1.82) is 0 Å². The zero-order valence-corrected chi connectivity index (χ0v) is 13.0. The van der Waals surface area contributed by atoms with Crippen LogP contribution in [0.3, 0.4) is 0 Å². The molecule has 0 bridgehead atoms. The predicted octanol–water partition coefficient (Wildman–Crippen LogP) is 1.95. The van der Waals surface area contributed by atoms with Gasteiger partial charge in [0, 0.05) is 23.7 Å². The van der Waals surface area contributed by atoms with E-state index in [1.807, 2.05) is 18.2 Å². The molecule has 0 saturated heterocycles. The van der Waals surface area contributed by atoms with Crippen LogP contribution in [0.5, 0.6) is 0 Å². The third-order valence-corrected chi connectivity index (χ3v) is 2.91. The van der Waals surface area contributed by atoms with E-state index in [9.17, 15) is 9.59 Å². The fourth-order valence-electron chi connectivity index (χ4n) is 1.35. The van der Waals surface area contributed by atoms with E-state index in [1.54, 1.807) is 13.0 Å². The van der Waals surface area contributed by atoms with Gasteiger partial charge in [0.25, 0.3) is 0 Å². The third kappa shape index (κ3) is 6.87. The van der Waals surface area contributed by atoms with Gasteiger partial charge in [0.2, 0.25) is 5.91 Å². The van der Waals surface area contributed by atoms with Crippen molar-refractivity contribution >= 4 is 40.8 Å². The van der Waals surface area contributed by atoms with Crippen LogP contribution in [0.25, 0.3) is 0 Å². The zero-order valence-electron chi connectivity index (χ0n) is 11.4. The number of amides is 1. The topological polar surface area (TPSA) is 67.4 Å². The molecule has 7 heteroatoms. The molecule has 0 radical (unpaired) electrons. The summed E-state index contributed by atoms with van der Waals surface area (Å²) in [6, 6.07) is 7.29. The maximum atomic E-state index is 11.5. The molecule has 0 aliphatic rings. The molecular weight excluding hydrogens is 312 g/mol. The first-order valence-corrected chi connectivity index (χ1v) is 6.98. The van der Waals surface area contributed by atoms with E-state index in [0.717, 1.165) is 17.7 Å². The summed E-state index contributed by atoms with van der Waals surface area (Å²) in [4.78, 5) is 22.5. The molecule has 1 amide bonds. The molecule has 0 aromatic heterocycles. The van der Waals surface area contributed by atoms with E-state index < -0.39 is 11.9 Å². The first-order valence-electron chi connectivity index (χ1n) is 6.20. The number of nitrogens with one attached hydrogen (secondary N) is 2. The lowest BCUT2D eigenvalue weighted by Gasteiger charge is -2.09. The molecule has 21 heavy (non-hydrogen) atoms. The molecule has 1 rings (SSSR count). The summed E-state index contributed by atoms with van der Waals surface area (Å²) >= 11 is 11.0. The molecule has 0 unspecified atom stereocenters. The Morgan fingerprint density at radius 3 is 2.71 bits per heavy atom. The van der Waals surface area contributed by atoms with Gasteiger partial charge in [-0.2, -0.15) is 0 Å². The van der Waals surface area contributed by atoms with Crippen LogP contribution in [-0.4, -0.2) is 23.6 Å². The monoisotopic (exact) mass is 326 g/mol. The Bertz CT molecular complexity index is 561. The molecule has 2 N–H and O–H groups in total. The highest BCUT2D eigenvalue weighted by Crippen LogP contribution is 2.14. The standard InChI is InChI=1S/C14H15ClN2O3S/c1-2-20-13(19)8-7-12(18)17-14(21)16-9-10-5-3-4-6-11(10)15/h3-8H,2,9H2,1H3,(H2,16,17,18,21)/b8-7+. The van der Waals surface area contributed by atoms with Crippen molar-refractivity contribution in [3.05, 3.63) is 47.0 Å². The maximum Gasteiger partial charge on any atom is 0.330 e. The van der Waals surface area contributed by atoms with Crippen LogP contribution < -0.4 is 10.6 Å². The van der Waals surface area contributed by atoms with E-state index in [-0.39, 0.29) is 11.7 Å². The maximum absolute atomic E-state index is 11.5. The summed E-state index contributed by atoms with van der Waals surface area (Å²) < 4.78 is 4.65. The number of carbonyl (C=O) groups is 2. The number of thiocarbonyl (C=S) groups is 1. The van der Waals surface area contributed by atoms with E-state index in [1.165, 1.54) is 0 Å². The number of hydrogen-bond acceptors (Lipinski definition) is 4. The van der Waals surface area contributed by atoms with Crippen molar-refractivity contribution in [3.8, 4) is 0 Å². The quantitative estimate of drug-likeness (QED) is 0.492. The molecule has 0 spiro atoms. The summed E-state index contributed by atoms with van der Waals surface area (Å²) in [7, 11) is 0. The second kappa shape index (κ2) is 9.10. The second-order valence-corrected chi connectivity index (χ2v) is 4.66. The van der Waals surface area contributed by atoms with E-state index in [4.69, 9.17) is 23.8 Å². The van der Waals surface area contributed by atoms with Crippen molar-refractivity contribution in [2.45, 2.75) is 13.5 Å². The van der Waals surface area contributed by atoms with Crippen LogP contribution >= 0.6 is 23.8 Å². The van der Waals surface area contributed by atoms with Crippen LogP contribution in [0.15, 0.2) is 36.4 Å². The van der Waals surface area contributed by atoms with Gasteiger partial charge in [0.1, 0.15) is 0 Å². The van der Waals surface area contributed by atoms with Crippen LogP contribution in [-0.2, 0) is 20.9 Å². The lowest BCUT2D eigenvalue weighted by molar-refractivity contribution is -0.137. The summed E-state index contributed by atoms with van der Waals surface area (Å²) in [6.07, 6.45) is 2.09. The smallest absolute Gasteiger partial charge is 0.330 e. The Kier molecular flexibility index (Phi) is 7.42. The fraction of sp³-hybridized carbons (Fsp3) is 0.214. The normalized spacial score (nSPS) is 10.2. The molecule has 0 heterocycles. The number of rotatable bonds is 5. The Morgan fingerprint density at radius 1 is 1.33 bits per heavy atom. The average molecular weight is 327 g/mol. The lowest BCUT2D eigenvalue weighted by Crippen LogP contribution is -2.38. The highest BCUT2D eigenvalue weighted by atomic mass is 35.5. The Hall–Kier alpha value is -1.92. The number of carbonyl (C=O) groups excluding carboxylic acids is 2. The number of hydrogen-bond donors (Lipinski definition) is 2. The number of benzene rings is 1. The summed E-state index contributed by atoms with van der Waals surface area (Å²) in [6.45, 7) is 2.32. The first-order chi connectivity index (χ1) is 10.0. The van der Waals surface area contributed by atoms with E-state index in [2.05, 4.69) is 15.4 Å². The highest BCUT2D eigenvalue weighted by Gasteiger charge is 2.03. The summed E-state index contributed by atoms with van der Waals surface area (Å²) in [5, 5.41) is 6.02. The molecule has 1 aromatic rings. The van der Waals surface area contributed by atoms with Gasteiger partial charge in [-0.25, -0.2) is 4.79 Å². The van der Waals surface area contributed by atoms with Crippen LogP contribution in [0.2, 0.25) is 5.02 Å². The minimum Gasteiger partial charge on any atom is -0.463 e. The van der Waals surface area contributed by atoms with Crippen molar-refractivity contribution in [2.24, 2.45) is 0 Å². The van der Waals surface area contributed by atoms with Crippen molar-refractivity contribution in [3.63, 3.8) is 0 Å². The summed E-state index contributed by atoms with van der Waals surface area (Å²) in [5.74, 6) is -1.10. The lowest BCUT2D eigenvalue weighted by atomic mass is 10.2. The van der Waals surface area contributed by atoms with Gasteiger partial charge in [-0.15, -0.1) is 0 Å². The van der Waals surface area contributed by atoms with Crippen LogP contribution in [0.4, 0.5) is 0 Å². The minimum absolute atomic E-state index is 0.147. The highest BCUT2D eigenvalue weighted by molar-refractivity contribution is 7.80. The van der Waals surface area contributed by atoms with Gasteiger partial charge >= 0.3 is 5.97 Å². The van der Waals surface area contributed by atoms with Crippen LogP contribution in [0.1, 0.15) is 12.5 Å². The van der Waals surface area contributed by atoms with Crippen molar-refractivity contribution in [2.75, 3.05) is 6.61 Å². The van der Waals surface area contributed by atoms with Gasteiger partial charge in [-0.3, -0.25) is 10.1 Å². The van der Waals surface area contributed by atoms with Gasteiger partial charge in [-0.1, -0.05) is 29.8 Å². The molecule has 0 atom stereocenters. The van der Waals surface area contributed by atoms with Gasteiger partial charge in [-0.05, 0) is 30.8 Å². The molecular formula is C14H15ClN2O3S. The molecule has 112 valence electrons. The molecule has 1 aromatic carbocycles. The van der Waals surface area contributed by atoms with Crippen molar-refractivity contribution in [1.82, 2.24) is 10.6 Å². The van der Waals surface area contributed by atoms with Crippen molar-refractivity contribution < 1.29 is 14.3 Å². The van der Waals surface area contributed by atoms with Gasteiger partial charge in [0.05, 0.1) is 6.61 Å². The molecule has 0 saturated carbocycles. The number of halogens is 1.